The van der Waals surface area contributed by atoms with E-state index in [1.165, 1.54) is 10.6 Å². The van der Waals surface area contributed by atoms with Crippen LogP contribution in [0.15, 0.2) is 10.6 Å². The van der Waals surface area contributed by atoms with Gasteiger partial charge in [0.05, 0.1) is 6.26 Å². The molecule has 1 aromatic rings. The Hall–Kier alpha value is -1.41. The first kappa shape index (κ1) is 14.0. The van der Waals surface area contributed by atoms with E-state index < -0.39 is 10.0 Å². The van der Waals surface area contributed by atoms with Gasteiger partial charge >= 0.3 is 0 Å². The van der Waals surface area contributed by atoms with Crippen LogP contribution < -0.4 is 5.32 Å². The van der Waals surface area contributed by atoms with Crippen molar-refractivity contribution in [3.8, 4) is 0 Å². The highest BCUT2D eigenvalue weighted by Crippen LogP contribution is 2.13. The maximum atomic E-state index is 11.9. The molecule has 7 nitrogen and oxygen atoms in total. The molecule has 1 aliphatic rings. The molecule has 0 aliphatic carbocycles. The Labute approximate surface area is 112 Å². The summed E-state index contributed by atoms with van der Waals surface area (Å²) in [5.41, 5.74) is 0.217. The van der Waals surface area contributed by atoms with Crippen molar-refractivity contribution in [2.45, 2.75) is 25.8 Å². The third-order valence-corrected chi connectivity index (χ3v) is 4.32. The summed E-state index contributed by atoms with van der Waals surface area (Å²) in [6, 6.07) is 1.36. The van der Waals surface area contributed by atoms with E-state index in [9.17, 15) is 13.2 Å². The third kappa shape index (κ3) is 3.54. The Morgan fingerprint density at radius 3 is 2.89 bits per heavy atom. The average Bonchev–Trinajstić information content (AvgIpc) is 2.75. The summed E-state index contributed by atoms with van der Waals surface area (Å²) in [5.74, 6) is 0.226. The van der Waals surface area contributed by atoms with E-state index in [2.05, 4.69) is 10.5 Å². The summed E-state index contributed by atoms with van der Waals surface area (Å²) in [6.07, 6.45) is 2.67. The number of carbonyl (C=O) groups excluding carboxylic acids is 1. The molecule has 1 saturated heterocycles. The van der Waals surface area contributed by atoms with Gasteiger partial charge in [-0.25, -0.2) is 12.7 Å². The largest absolute Gasteiger partial charge is 0.361 e. The van der Waals surface area contributed by atoms with Gasteiger partial charge in [-0.2, -0.15) is 0 Å². The lowest BCUT2D eigenvalue weighted by Gasteiger charge is -2.31. The molecule has 0 bridgehead atoms. The second-order valence-electron chi connectivity index (χ2n) is 4.76. The molecular formula is C11H17N3O4S. The molecule has 1 amide bonds. The fourth-order valence-electron chi connectivity index (χ4n) is 2.09. The Morgan fingerprint density at radius 1 is 1.58 bits per heavy atom. The van der Waals surface area contributed by atoms with Crippen LogP contribution in [0.3, 0.4) is 0 Å². The highest BCUT2D eigenvalue weighted by molar-refractivity contribution is 7.88. The molecule has 1 aliphatic heterocycles. The van der Waals surface area contributed by atoms with Gasteiger partial charge in [0.2, 0.25) is 10.0 Å². The number of nitrogens with zero attached hydrogens (tertiary/aromatic N) is 2. The molecule has 8 heteroatoms. The fourth-order valence-corrected chi connectivity index (χ4v) is 3.01. The molecule has 2 heterocycles. The van der Waals surface area contributed by atoms with Crippen molar-refractivity contribution in [2.75, 3.05) is 19.3 Å². The average molecular weight is 287 g/mol. The van der Waals surface area contributed by atoms with Crippen molar-refractivity contribution in [1.82, 2.24) is 14.8 Å². The number of rotatable bonds is 3. The van der Waals surface area contributed by atoms with Gasteiger partial charge in [0.25, 0.3) is 5.91 Å². The van der Waals surface area contributed by atoms with E-state index in [4.69, 9.17) is 4.52 Å². The Balaban J connectivity index is 1.98. The standard InChI is InChI=1S/C11H17N3O4S/c1-8-6-10(13-18-8)11(15)12-9-4-3-5-14(7-9)19(2,16)17/h6,9H,3-5,7H2,1-2H3,(H,12,15). The monoisotopic (exact) mass is 287 g/mol. The number of aromatic nitrogens is 1. The van der Waals surface area contributed by atoms with Crippen molar-refractivity contribution >= 4 is 15.9 Å². The predicted molar refractivity (Wildman–Crippen MR) is 68.1 cm³/mol. The summed E-state index contributed by atoms with van der Waals surface area (Å²) in [7, 11) is -3.21. The van der Waals surface area contributed by atoms with Gasteiger partial charge in [-0.3, -0.25) is 4.79 Å². The first-order valence-electron chi connectivity index (χ1n) is 6.05. The zero-order valence-corrected chi connectivity index (χ0v) is 11.7. The van der Waals surface area contributed by atoms with Crippen LogP contribution in [-0.4, -0.2) is 49.2 Å². The molecule has 2 rings (SSSR count). The van der Waals surface area contributed by atoms with Gasteiger partial charge in [0, 0.05) is 25.2 Å². The highest BCUT2D eigenvalue weighted by atomic mass is 32.2. The lowest BCUT2D eigenvalue weighted by atomic mass is 10.1. The van der Waals surface area contributed by atoms with E-state index >= 15 is 0 Å². The Morgan fingerprint density at radius 2 is 2.32 bits per heavy atom. The summed E-state index contributed by atoms with van der Waals surface area (Å²) in [6.45, 7) is 2.52. The van der Waals surface area contributed by atoms with Crippen LogP contribution in [0.2, 0.25) is 0 Å². The Kier molecular flexibility index (Phi) is 3.91. The molecule has 0 radical (unpaired) electrons. The number of aryl methyl sites for hydroxylation is 1. The molecule has 0 spiro atoms. The predicted octanol–water partition coefficient (Wildman–Crippen LogP) is 0.137. The molecular weight excluding hydrogens is 270 g/mol. The molecule has 1 atom stereocenters. The van der Waals surface area contributed by atoms with Crippen LogP contribution >= 0.6 is 0 Å². The van der Waals surface area contributed by atoms with Crippen LogP contribution in [0.5, 0.6) is 0 Å². The summed E-state index contributed by atoms with van der Waals surface area (Å²) >= 11 is 0. The fraction of sp³-hybridized carbons (Fsp3) is 0.636. The van der Waals surface area contributed by atoms with Gasteiger partial charge < -0.3 is 9.84 Å². The van der Waals surface area contributed by atoms with E-state index in [-0.39, 0.29) is 17.6 Å². The van der Waals surface area contributed by atoms with Crippen molar-refractivity contribution in [3.63, 3.8) is 0 Å². The smallest absolute Gasteiger partial charge is 0.273 e. The number of hydrogen-bond acceptors (Lipinski definition) is 5. The summed E-state index contributed by atoms with van der Waals surface area (Å²) in [5, 5.41) is 6.41. The minimum atomic E-state index is -3.21. The molecule has 0 aromatic carbocycles. The van der Waals surface area contributed by atoms with Gasteiger partial charge in [0.1, 0.15) is 5.76 Å². The second kappa shape index (κ2) is 5.30. The second-order valence-corrected chi connectivity index (χ2v) is 6.74. The van der Waals surface area contributed by atoms with Crippen LogP contribution in [0.25, 0.3) is 0 Å². The van der Waals surface area contributed by atoms with Crippen LogP contribution in [0.4, 0.5) is 0 Å². The summed E-state index contributed by atoms with van der Waals surface area (Å²) in [4.78, 5) is 11.9. The lowest BCUT2D eigenvalue weighted by Crippen LogP contribution is -2.49. The van der Waals surface area contributed by atoms with Gasteiger partial charge in [-0.15, -0.1) is 0 Å². The van der Waals surface area contributed by atoms with E-state index in [0.29, 0.717) is 18.8 Å². The third-order valence-electron chi connectivity index (χ3n) is 3.05. The first-order chi connectivity index (χ1) is 8.86. The number of amides is 1. The SMILES string of the molecule is Cc1cc(C(=O)NC2CCCN(S(C)(=O)=O)C2)no1. The van der Waals surface area contributed by atoms with Gasteiger partial charge in [-0.1, -0.05) is 5.16 Å². The maximum absolute atomic E-state index is 11.9. The number of hydrogen-bond donors (Lipinski definition) is 1. The lowest BCUT2D eigenvalue weighted by molar-refractivity contribution is 0.0912. The number of carbonyl (C=O) groups is 1. The molecule has 1 fully saturated rings. The molecule has 106 valence electrons. The van der Waals surface area contributed by atoms with Crippen LogP contribution in [-0.2, 0) is 10.0 Å². The van der Waals surface area contributed by atoms with E-state index in [1.807, 2.05) is 0 Å². The first-order valence-corrected chi connectivity index (χ1v) is 7.90. The molecule has 1 unspecified atom stereocenters. The van der Waals surface area contributed by atoms with E-state index in [0.717, 1.165) is 12.8 Å². The number of sulfonamides is 1. The minimum absolute atomic E-state index is 0.187. The molecule has 1 N–H and O–H groups in total. The number of nitrogens with one attached hydrogen (secondary N) is 1. The van der Waals surface area contributed by atoms with Gasteiger partial charge in [-0.05, 0) is 19.8 Å². The minimum Gasteiger partial charge on any atom is -0.361 e. The van der Waals surface area contributed by atoms with Crippen molar-refractivity contribution in [2.24, 2.45) is 0 Å². The quantitative estimate of drug-likeness (QED) is 0.853. The number of piperidine rings is 1. The Bertz CT molecular complexity index is 566. The van der Waals surface area contributed by atoms with Crippen molar-refractivity contribution < 1.29 is 17.7 Å². The van der Waals surface area contributed by atoms with Crippen molar-refractivity contribution in [3.05, 3.63) is 17.5 Å². The van der Waals surface area contributed by atoms with E-state index in [1.54, 1.807) is 13.0 Å². The molecule has 19 heavy (non-hydrogen) atoms. The molecule has 1 aromatic heterocycles. The normalized spacial score (nSPS) is 21.3. The van der Waals surface area contributed by atoms with Crippen LogP contribution in [0, 0.1) is 6.92 Å². The van der Waals surface area contributed by atoms with Gasteiger partial charge in [0.15, 0.2) is 5.69 Å². The zero-order chi connectivity index (χ0) is 14.0. The zero-order valence-electron chi connectivity index (χ0n) is 10.9. The summed E-state index contributed by atoms with van der Waals surface area (Å²) < 4.78 is 29.2. The molecule has 0 saturated carbocycles. The maximum Gasteiger partial charge on any atom is 0.273 e. The van der Waals surface area contributed by atoms with Crippen molar-refractivity contribution in [1.29, 1.82) is 0 Å². The highest BCUT2D eigenvalue weighted by Gasteiger charge is 2.27. The topological polar surface area (TPSA) is 92.5 Å². The van der Waals surface area contributed by atoms with Crippen LogP contribution in [0.1, 0.15) is 29.1 Å².